The molecule has 1 aromatic carbocycles. The molecule has 0 unspecified atom stereocenters. The van der Waals surface area contributed by atoms with Gasteiger partial charge < -0.3 is 9.47 Å². The number of esters is 1. The Hall–Kier alpha value is -3.73. The number of carbonyl (C=O) groups is 3. The van der Waals surface area contributed by atoms with Gasteiger partial charge in [-0.3, -0.25) is 29.4 Å². The predicted octanol–water partition coefficient (Wildman–Crippen LogP) is 3.38. The van der Waals surface area contributed by atoms with E-state index in [0.717, 1.165) is 22.9 Å². The second-order valence-corrected chi connectivity index (χ2v) is 6.85. The number of pyridine rings is 1. The van der Waals surface area contributed by atoms with Gasteiger partial charge in [-0.1, -0.05) is 12.1 Å². The molecule has 11 heteroatoms. The summed E-state index contributed by atoms with van der Waals surface area (Å²) in [5, 5.41) is 10.1. The van der Waals surface area contributed by atoms with Crippen LogP contribution in [-0.4, -0.2) is 45.1 Å². The van der Waals surface area contributed by atoms with Gasteiger partial charge in [0.2, 0.25) is 5.88 Å². The van der Waals surface area contributed by atoms with E-state index in [4.69, 9.17) is 9.47 Å². The zero-order valence-corrected chi connectivity index (χ0v) is 16.5. The highest BCUT2D eigenvalue weighted by Gasteiger charge is 2.36. The van der Waals surface area contributed by atoms with Gasteiger partial charge in [0, 0.05) is 12.1 Å². The van der Waals surface area contributed by atoms with Crippen LogP contribution < -0.4 is 4.74 Å². The van der Waals surface area contributed by atoms with E-state index in [9.17, 15) is 24.5 Å². The molecule has 1 aromatic heterocycles. The standard InChI is InChI=1S/C19H15N3O7S/c1-2-28-17(23)11-21-18(24)15(30-19(21)25)9-12-3-6-14(7-4-12)29-16-8-5-13(10-20-16)22(26)27/h3-10H,2,11H2,1H3/b15-9-. The third-order valence-corrected chi connectivity index (χ3v) is 4.71. The lowest BCUT2D eigenvalue weighted by molar-refractivity contribution is -0.385. The Morgan fingerprint density at radius 1 is 1.23 bits per heavy atom. The van der Waals surface area contributed by atoms with Crippen LogP contribution in [0.5, 0.6) is 11.6 Å². The molecular weight excluding hydrogens is 414 g/mol. The molecule has 154 valence electrons. The van der Waals surface area contributed by atoms with Crippen molar-refractivity contribution < 1.29 is 28.8 Å². The Morgan fingerprint density at radius 2 is 1.97 bits per heavy atom. The summed E-state index contributed by atoms with van der Waals surface area (Å²) in [6, 6.07) is 9.24. The minimum atomic E-state index is -0.651. The maximum atomic E-state index is 12.4. The van der Waals surface area contributed by atoms with E-state index >= 15 is 0 Å². The van der Waals surface area contributed by atoms with Gasteiger partial charge >= 0.3 is 5.97 Å². The number of benzene rings is 1. The van der Waals surface area contributed by atoms with Crippen molar-refractivity contribution in [2.75, 3.05) is 13.2 Å². The summed E-state index contributed by atoms with van der Waals surface area (Å²) in [6.07, 6.45) is 2.63. The third kappa shape index (κ3) is 5.00. The van der Waals surface area contributed by atoms with Gasteiger partial charge in [0.15, 0.2) is 0 Å². The van der Waals surface area contributed by atoms with Crippen LogP contribution in [0.2, 0.25) is 0 Å². The lowest BCUT2D eigenvalue weighted by Gasteiger charge is -2.10. The van der Waals surface area contributed by atoms with Crippen LogP contribution in [0.3, 0.4) is 0 Å². The lowest BCUT2D eigenvalue weighted by atomic mass is 10.2. The molecular formula is C19H15N3O7S. The van der Waals surface area contributed by atoms with Crippen LogP contribution in [-0.2, 0) is 14.3 Å². The van der Waals surface area contributed by atoms with Crippen molar-refractivity contribution in [3.05, 3.63) is 63.2 Å². The first-order chi connectivity index (χ1) is 14.4. The molecule has 0 bridgehead atoms. The molecule has 1 saturated heterocycles. The molecule has 2 aromatic rings. The second kappa shape index (κ2) is 9.18. The van der Waals surface area contributed by atoms with Crippen molar-refractivity contribution in [1.82, 2.24) is 9.88 Å². The highest BCUT2D eigenvalue weighted by atomic mass is 32.2. The Kier molecular flexibility index (Phi) is 6.42. The summed E-state index contributed by atoms with van der Waals surface area (Å²) in [5.74, 6) is -0.590. The third-order valence-electron chi connectivity index (χ3n) is 3.80. The van der Waals surface area contributed by atoms with Crippen LogP contribution in [0.15, 0.2) is 47.5 Å². The number of ether oxygens (including phenoxy) is 2. The molecule has 0 aliphatic carbocycles. The Balaban J connectivity index is 1.66. The number of thioether (sulfide) groups is 1. The van der Waals surface area contributed by atoms with Gasteiger partial charge in [0.25, 0.3) is 16.8 Å². The molecule has 30 heavy (non-hydrogen) atoms. The number of nitrogens with zero attached hydrogens (tertiary/aromatic N) is 3. The molecule has 1 aliphatic rings. The van der Waals surface area contributed by atoms with E-state index in [0.29, 0.717) is 11.3 Å². The smallest absolute Gasteiger partial charge is 0.326 e. The number of aromatic nitrogens is 1. The SMILES string of the molecule is CCOC(=O)CN1C(=O)S/C(=C\c2ccc(Oc3ccc([N+](=O)[O-])cn3)cc2)C1=O. The van der Waals surface area contributed by atoms with Crippen LogP contribution in [0, 0.1) is 10.1 Å². The highest BCUT2D eigenvalue weighted by Crippen LogP contribution is 2.32. The maximum absolute atomic E-state index is 12.4. The van der Waals surface area contributed by atoms with E-state index in [1.165, 1.54) is 18.2 Å². The van der Waals surface area contributed by atoms with Gasteiger partial charge in [0.1, 0.15) is 18.5 Å². The van der Waals surface area contributed by atoms with Crippen molar-refractivity contribution in [1.29, 1.82) is 0 Å². The maximum Gasteiger partial charge on any atom is 0.326 e. The fourth-order valence-corrected chi connectivity index (χ4v) is 3.26. The van der Waals surface area contributed by atoms with Gasteiger partial charge in [0.05, 0.1) is 16.4 Å². The molecule has 0 radical (unpaired) electrons. The summed E-state index contributed by atoms with van der Waals surface area (Å²) in [4.78, 5) is 50.9. The number of nitro groups is 1. The highest BCUT2D eigenvalue weighted by molar-refractivity contribution is 8.18. The minimum Gasteiger partial charge on any atom is -0.465 e. The van der Waals surface area contributed by atoms with Crippen molar-refractivity contribution in [2.45, 2.75) is 6.92 Å². The topological polar surface area (TPSA) is 129 Å². The first kappa shape index (κ1) is 21.0. The molecule has 0 N–H and O–H groups in total. The normalized spacial score (nSPS) is 14.8. The number of hydrogen-bond acceptors (Lipinski definition) is 9. The minimum absolute atomic E-state index is 0.144. The van der Waals surface area contributed by atoms with Crippen molar-refractivity contribution in [3.8, 4) is 11.6 Å². The van der Waals surface area contributed by atoms with Gasteiger partial charge in [-0.25, -0.2) is 4.98 Å². The van der Waals surface area contributed by atoms with E-state index in [2.05, 4.69) is 4.98 Å². The summed E-state index contributed by atoms with van der Waals surface area (Å²) < 4.78 is 10.3. The molecule has 0 saturated carbocycles. The Labute approximate surface area is 174 Å². The number of imide groups is 1. The Bertz CT molecular complexity index is 1020. The van der Waals surface area contributed by atoms with Crippen molar-refractivity contribution in [2.24, 2.45) is 0 Å². The molecule has 1 aliphatic heterocycles. The molecule has 0 spiro atoms. The number of carbonyl (C=O) groups excluding carboxylic acids is 3. The van der Waals surface area contributed by atoms with Crippen molar-refractivity contribution >= 4 is 40.6 Å². The monoisotopic (exact) mass is 429 g/mol. The van der Waals surface area contributed by atoms with E-state index in [1.807, 2.05) is 0 Å². The summed E-state index contributed by atoms with van der Waals surface area (Å²) in [6.45, 7) is 1.37. The first-order valence-electron chi connectivity index (χ1n) is 8.66. The molecule has 2 amide bonds. The van der Waals surface area contributed by atoms with Crippen LogP contribution in [0.25, 0.3) is 6.08 Å². The summed E-state index contributed by atoms with van der Waals surface area (Å²) in [5.41, 5.74) is 0.496. The number of rotatable bonds is 7. The largest absolute Gasteiger partial charge is 0.465 e. The zero-order chi connectivity index (χ0) is 21.7. The summed E-state index contributed by atoms with van der Waals surface area (Å²) in [7, 11) is 0. The Morgan fingerprint density at radius 3 is 2.57 bits per heavy atom. The fourth-order valence-electron chi connectivity index (χ4n) is 2.42. The molecule has 2 heterocycles. The molecule has 0 atom stereocenters. The van der Waals surface area contributed by atoms with Crippen LogP contribution in [0.1, 0.15) is 12.5 Å². The van der Waals surface area contributed by atoms with E-state index in [-0.39, 0.29) is 23.1 Å². The molecule has 3 rings (SSSR count). The van der Waals surface area contributed by atoms with Crippen LogP contribution >= 0.6 is 11.8 Å². The van der Waals surface area contributed by atoms with E-state index < -0.39 is 28.6 Å². The average molecular weight is 429 g/mol. The number of hydrogen-bond donors (Lipinski definition) is 0. The summed E-state index contributed by atoms with van der Waals surface area (Å²) >= 11 is 0.742. The van der Waals surface area contributed by atoms with Gasteiger partial charge in [-0.05, 0) is 42.5 Å². The van der Waals surface area contributed by atoms with Crippen LogP contribution in [0.4, 0.5) is 10.5 Å². The predicted molar refractivity (Wildman–Crippen MR) is 107 cm³/mol. The average Bonchev–Trinajstić information content (AvgIpc) is 2.97. The van der Waals surface area contributed by atoms with E-state index in [1.54, 1.807) is 31.2 Å². The zero-order valence-electron chi connectivity index (χ0n) is 15.6. The lowest BCUT2D eigenvalue weighted by Crippen LogP contribution is -2.34. The first-order valence-corrected chi connectivity index (χ1v) is 9.48. The fraction of sp³-hybridized carbons (Fsp3) is 0.158. The van der Waals surface area contributed by atoms with Gasteiger partial charge in [-0.15, -0.1) is 0 Å². The molecule has 10 nitrogen and oxygen atoms in total. The van der Waals surface area contributed by atoms with Gasteiger partial charge in [-0.2, -0.15) is 0 Å². The second-order valence-electron chi connectivity index (χ2n) is 5.86. The molecule has 1 fully saturated rings. The van der Waals surface area contributed by atoms with Crippen molar-refractivity contribution in [3.63, 3.8) is 0 Å². The quantitative estimate of drug-likeness (QED) is 0.281. The number of amides is 2.